The smallest absolute Gasteiger partial charge is 0.450 e. The Morgan fingerprint density at radius 1 is 0.750 bits per heavy atom. The lowest BCUT2D eigenvalue weighted by molar-refractivity contribution is -0.0502. The lowest BCUT2D eigenvalue weighted by Crippen LogP contribution is -2.44. The number of fused-ring (bicyclic) bond motifs is 7. The van der Waals surface area contributed by atoms with Crippen LogP contribution >= 0.6 is 0 Å². The van der Waals surface area contributed by atoms with E-state index in [1.165, 1.54) is 12.1 Å². The van der Waals surface area contributed by atoms with Crippen molar-refractivity contribution in [1.29, 1.82) is 0 Å². The van der Waals surface area contributed by atoms with Gasteiger partial charge in [-0.1, -0.05) is 47.6 Å². The Kier molecular flexibility index (Phi) is 13.2. The van der Waals surface area contributed by atoms with Gasteiger partial charge in [0.05, 0.1) is 16.7 Å². The van der Waals surface area contributed by atoms with Gasteiger partial charge in [0.1, 0.15) is 17.0 Å². The minimum absolute atomic E-state index is 0.108. The number of benzene rings is 4. The third kappa shape index (κ3) is 9.83. The first-order chi connectivity index (χ1) is 33.5. The highest BCUT2D eigenvalue weighted by atomic mass is 32.2. The van der Waals surface area contributed by atoms with E-state index in [9.17, 15) is 40.8 Å². The van der Waals surface area contributed by atoms with Crippen LogP contribution in [0, 0.1) is 41.0 Å². The Balaban J connectivity index is 0.975. The summed E-state index contributed by atoms with van der Waals surface area (Å²) in [4.78, 5) is 56.3. The molecule has 1 spiro atoms. The molecule has 1 unspecified atom stereocenters. The molecule has 0 radical (unpaired) electrons. The lowest BCUT2D eigenvalue weighted by Gasteiger charge is -2.37. The van der Waals surface area contributed by atoms with E-state index in [4.69, 9.17) is 13.9 Å². The highest BCUT2D eigenvalue weighted by Crippen LogP contribution is 2.59. The second-order valence-electron chi connectivity index (χ2n) is 20.7. The van der Waals surface area contributed by atoms with Crippen molar-refractivity contribution in [2.45, 2.75) is 110 Å². The van der Waals surface area contributed by atoms with Crippen LogP contribution in [-0.2, 0) is 20.5 Å². The number of rotatable bonds is 11. The van der Waals surface area contributed by atoms with E-state index in [2.05, 4.69) is 61.3 Å². The molecule has 1 aliphatic carbocycles. The first kappa shape index (κ1) is 51.7. The van der Waals surface area contributed by atoms with Gasteiger partial charge >= 0.3 is 27.2 Å². The minimum Gasteiger partial charge on any atom is -0.450 e. The van der Waals surface area contributed by atoms with E-state index in [0.29, 0.717) is 42.7 Å². The minimum atomic E-state index is -6.66. The monoisotopic (exact) mass is 1030 g/mol. The number of ether oxygens (including phenoxy) is 2. The summed E-state index contributed by atoms with van der Waals surface area (Å²) in [7, 11) is -6.66. The number of carbonyl (C=O) groups excluding carboxylic acids is 3. The molecule has 3 heterocycles. The molecule has 21 heteroatoms. The van der Waals surface area contributed by atoms with Gasteiger partial charge in [-0.3, -0.25) is 9.59 Å². The van der Waals surface area contributed by atoms with Crippen LogP contribution in [-0.4, -0.2) is 56.9 Å². The number of nitrogens with zero attached hydrogens (tertiary/aromatic N) is 1. The molecule has 384 valence electrons. The molecule has 13 nitrogen and oxygen atoms in total. The van der Waals surface area contributed by atoms with Crippen LogP contribution in [0.25, 0.3) is 11.0 Å². The van der Waals surface area contributed by atoms with Crippen LogP contribution in [0.3, 0.4) is 0 Å². The summed E-state index contributed by atoms with van der Waals surface area (Å²) in [5.74, 6) is -13.9. The molecule has 2 N–H and O–H groups in total. The molecule has 1 aromatic heterocycles. The Morgan fingerprint density at radius 3 is 1.90 bits per heavy atom. The second-order valence-corrected chi connectivity index (χ2v) is 22.3. The largest absolute Gasteiger partial charge is 0.534 e. The Labute approximate surface area is 409 Å². The van der Waals surface area contributed by atoms with Crippen molar-refractivity contribution >= 4 is 44.6 Å². The molecule has 0 bridgehead atoms. The number of nitrogens with one attached hydrogen (secondary N) is 2. The number of amides is 2. The molecule has 1 saturated carbocycles. The van der Waals surface area contributed by atoms with Gasteiger partial charge in [-0.05, 0) is 98.7 Å². The SMILES string of the molecule is Cc1c(F)cc2c(c1F)Oc1c(cc(F)c(OS(=O)(=O)C(F)(F)F)c1F)C21OC(=O)c2cc(C(=O)N[C@H]3CC[C@H](NC(=O)c4cc5ccc(N(CCC(C)(C)C)CCC(C)(C)C)cc5oc4=O)CC3)ccc21. The van der Waals surface area contributed by atoms with Crippen LogP contribution in [0.1, 0.15) is 133 Å². The molecule has 0 saturated heterocycles. The van der Waals surface area contributed by atoms with Crippen molar-refractivity contribution in [3.05, 3.63) is 127 Å². The molecule has 72 heavy (non-hydrogen) atoms. The zero-order chi connectivity index (χ0) is 52.6. The van der Waals surface area contributed by atoms with Crippen LogP contribution in [0.5, 0.6) is 17.2 Å². The molecule has 3 aliphatic rings. The van der Waals surface area contributed by atoms with E-state index in [-0.39, 0.29) is 39.6 Å². The predicted molar refractivity (Wildman–Crippen MR) is 249 cm³/mol. The van der Waals surface area contributed by atoms with Gasteiger partial charge in [-0.2, -0.15) is 26.0 Å². The molecule has 5 aromatic rings. The summed E-state index contributed by atoms with van der Waals surface area (Å²) in [6.45, 7) is 15.7. The maximum atomic E-state index is 16.0. The fourth-order valence-electron chi connectivity index (χ4n) is 8.97. The van der Waals surface area contributed by atoms with Gasteiger partial charge in [-0.25, -0.2) is 22.8 Å². The van der Waals surface area contributed by atoms with Crippen molar-refractivity contribution in [2.24, 2.45) is 10.8 Å². The molecule has 2 aliphatic heterocycles. The molecular formula is C51H50F7N3O10S. The Bertz CT molecular complexity index is 3210. The summed E-state index contributed by atoms with van der Waals surface area (Å²) in [6, 6.07) is 10.6. The number of esters is 1. The number of hydrogen-bond donors (Lipinski definition) is 2. The van der Waals surface area contributed by atoms with Gasteiger partial charge in [0.15, 0.2) is 28.7 Å². The van der Waals surface area contributed by atoms with E-state index < -0.39 is 113 Å². The topological polar surface area (TPSA) is 171 Å². The number of halogens is 7. The van der Waals surface area contributed by atoms with Gasteiger partial charge in [0.2, 0.25) is 11.6 Å². The van der Waals surface area contributed by atoms with Crippen LogP contribution in [0.4, 0.5) is 36.4 Å². The van der Waals surface area contributed by atoms with Crippen LogP contribution in [0.2, 0.25) is 0 Å². The third-order valence-electron chi connectivity index (χ3n) is 13.1. The molecule has 4 aromatic carbocycles. The standard InChI is InChI=1S/C51H50F7N3O10S/c1-25-36(52)23-34-41(39(25)54)69-42-35(24-37(53)43(40(42)55)71-72(66,67)51(56,57)58)50(34)33-15-9-27(21-31(33)47(65)70-50)44(62)59-28-10-12-29(13-11-28)60-45(63)32-20-26-8-14-30(22-38(26)68-46(32)64)61(18-16-48(2,3)4)19-17-49(5,6)7/h8-9,14-15,20-24,28-29H,10-13,16-19H2,1-7H3,(H,59,62)(H,60,63)/t28-,29-,50?. The van der Waals surface area contributed by atoms with E-state index in [1.807, 2.05) is 18.2 Å². The lowest BCUT2D eigenvalue weighted by atomic mass is 9.76. The third-order valence-corrected chi connectivity index (χ3v) is 14.0. The summed E-state index contributed by atoms with van der Waals surface area (Å²) >= 11 is 0. The number of anilines is 1. The first-order valence-corrected chi connectivity index (χ1v) is 24.4. The van der Waals surface area contributed by atoms with Gasteiger partial charge < -0.3 is 33.6 Å². The maximum Gasteiger partial charge on any atom is 0.534 e. The predicted octanol–water partition coefficient (Wildman–Crippen LogP) is 10.6. The van der Waals surface area contributed by atoms with E-state index in [1.54, 1.807) is 0 Å². The van der Waals surface area contributed by atoms with Crippen LogP contribution < -0.4 is 30.1 Å². The quantitative estimate of drug-likeness (QED) is 0.0424. The number of alkyl halides is 3. The van der Waals surface area contributed by atoms with Crippen molar-refractivity contribution in [3.8, 4) is 17.2 Å². The summed E-state index contributed by atoms with van der Waals surface area (Å²) in [5, 5.41) is 6.33. The van der Waals surface area contributed by atoms with E-state index >= 15 is 17.6 Å². The number of hydrogen-bond acceptors (Lipinski definition) is 11. The normalized spacial score (nSPS) is 18.7. The van der Waals surface area contributed by atoms with Gasteiger partial charge in [0, 0.05) is 59.0 Å². The fourth-order valence-corrected chi connectivity index (χ4v) is 9.44. The molecule has 1 fully saturated rings. The summed E-state index contributed by atoms with van der Waals surface area (Å²) in [5.41, 5.74) is -11.3. The summed E-state index contributed by atoms with van der Waals surface area (Å²) < 4.78 is 146. The van der Waals surface area contributed by atoms with Crippen molar-refractivity contribution < 1.29 is 71.6 Å². The molecule has 8 rings (SSSR count). The van der Waals surface area contributed by atoms with Gasteiger partial charge in [0.25, 0.3) is 11.8 Å². The number of carbonyl (C=O) groups is 3. The average Bonchev–Trinajstić information content (AvgIpc) is 3.58. The van der Waals surface area contributed by atoms with E-state index in [0.717, 1.165) is 50.7 Å². The molecular weight excluding hydrogens is 980 g/mol. The Morgan fingerprint density at radius 2 is 1.32 bits per heavy atom. The zero-order valence-electron chi connectivity index (χ0n) is 40.1. The molecule has 2 amide bonds. The highest BCUT2D eigenvalue weighted by molar-refractivity contribution is 7.88. The van der Waals surface area contributed by atoms with Crippen LogP contribution in [0.15, 0.2) is 63.8 Å². The molecule has 1 atom stereocenters. The summed E-state index contributed by atoms with van der Waals surface area (Å²) in [6.07, 6.45) is 3.43. The van der Waals surface area contributed by atoms with Crippen molar-refractivity contribution in [1.82, 2.24) is 10.6 Å². The average molecular weight is 1030 g/mol. The second kappa shape index (κ2) is 18.4. The van der Waals surface area contributed by atoms with Crippen molar-refractivity contribution in [2.75, 3.05) is 18.0 Å². The zero-order valence-corrected chi connectivity index (χ0v) is 40.9. The Hall–Kier alpha value is -6.64. The highest BCUT2D eigenvalue weighted by Gasteiger charge is 2.57. The van der Waals surface area contributed by atoms with Gasteiger partial charge in [-0.15, -0.1) is 0 Å². The van der Waals surface area contributed by atoms with Crippen molar-refractivity contribution in [3.63, 3.8) is 0 Å². The maximum absolute atomic E-state index is 16.0. The first-order valence-electron chi connectivity index (χ1n) is 23.0. The fraction of sp³-hybridized carbons (Fsp3) is 0.412.